The Morgan fingerprint density at radius 3 is 0.550 bits per heavy atom. The van der Waals surface area contributed by atoms with Gasteiger partial charge in [-0.1, -0.05) is 308 Å². The highest BCUT2D eigenvalue weighted by Gasteiger charge is 1.96. The minimum Gasteiger partial charge on any atom is -0.0856 e. The first-order chi connectivity index (χ1) is 38.1. The van der Waals surface area contributed by atoms with Gasteiger partial charge in [0.1, 0.15) is 0 Å². The van der Waals surface area contributed by atoms with E-state index in [-0.39, 0.29) is 0 Å². The first-order valence-electron chi connectivity index (χ1n) is 29.5. The van der Waals surface area contributed by atoms with E-state index in [2.05, 4.69) is 343 Å². The molecule has 0 N–H and O–H groups in total. The van der Waals surface area contributed by atoms with Gasteiger partial charge in [-0.05, 0) is 189 Å². The molecule has 0 unspecified atom stereocenters. The van der Waals surface area contributed by atoms with E-state index in [1.54, 1.807) is 0 Å². The van der Waals surface area contributed by atoms with Gasteiger partial charge in [0.25, 0.3) is 0 Å². The summed E-state index contributed by atoms with van der Waals surface area (Å²) in [5, 5.41) is 0. The van der Waals surface area contributed by atoms with Crippen molar-refractivity contribution < 1.29 is 0 Å². The van der Waals surface area contributed by atoms with Crippen LogP contribution in [0.1, 0.15) is 189 Å². The third kappa shape index (κ3) is 49.5. The third-order valence-corrected chi connectivity index (χ3v) is 12.7. The van der Waals surface area contributed by atoms with E-state index >= 15 is 0 Å². The van der Waals surface area contributed by atoms with Gasteiger partial charge in [0.2, 0.25) is 0 Å². The van der Waals surface area contributed by atoms with Crippen molar-refractivity contribution in [2.24, 2.45) is 0 Å². The Morgan fingerprint density at radius 1 is 0.175 bits per heavy atom. The summed E-state index contributed by atoms with van der Waals surface area (Å²) in [5.41, 5.74) is 21.1. The van der Waals surface area contributed by atoms with Crippen LogP contribution >= 0.6 is 0 Å². The Bertz CT molecular complexity index is 2510. The van der Waals surface area contributed by atoms with E-state index in [4.69, 9.17) is 0 Å². The van der Waals surface area contributed by atoms with Gasteiger partial charge >= 0.3 is 0 Å². The van der Waals surface area contributed by atoms with E-state index in [0.29, 0.717) is 0 Å². The molecule has 0 heteroatoms. The zero-order valence-corrected chi connectivity index (χ0v) is 53.9. The largest absolute Gasteiger partial charge is 0.0856 e. The standard InChI is InChI=1S/C80H110/c1-65(2)35-23-41-71(9)47-29-53-73(11)49-25-43-67(5)37-19-21-39-69(7)45-27-51-75(13)55-31-57-77(15)59-33-61-79(17)63-64-80(18)62-34-60-78(16)58-32-56-76(14)52-28-46-70(8)40-22-20-38-68(6)44-26-50-74(12)54-30-48-72(10)42-24-36-66(3)4/h19-22,25-32,35-40,43-58,61-62H,23-24,33-34,41-42,59-60,63-64H2,1-18H3/b21-19+,22-20+,43-25+,44-26+,45-27+,46-28+,53-29+,54-30+,55-31+,56-32+,67-37+,68-38+,69-39+,70-40+,71-47+,72-48+,73-49+,74-50+,75-51+,76-52+,77-57+,78-58+,79-61+,80-62+. The lowest BCUT2D eigenvalue weighted by molar-refractivity contribution is 0.878. The predicted molar refractivity (Wildman–Crippen MR) is 369 cm³/mol. The van der Waals surface area contributed by atoms with E-state index in [1.807, 2.05) is 0 Å². The normalized spacial score (nSPS) is 15.9. The minimum absolute atomic E-state index is 1.08. The number of rotatable bonds is 35. The van der Waals surface area contributed by atoms with E-state index in [1.165, 1.54) is 89.2 Å². The highest BCUT2D eigenvalue weighted by molar-refractivity contribution is 5.35. The van der Waals surface area contributed by atoms with E-state index < -0.39 is 0 Å². The van der Waals surface area contributed by atoms with Crippen molar-refractivity contribution in [2.45, 2.75) is 189 Å². The maximum atomic E-state index is 2.42. The fourth-order valence-electron chi connectivity index (χ4n) is 7.34. The summed E-state index contributed by atoms with van der Waals surface area (Å²) in [6.07, 6.45) is 89.4. The van der Waals surface area contributed by atoms with Gasteiger partial charge in [0.15, 0.2) is 0 Å². The summed E-state index contributed by atoms with van der Waals surface area (Å²) >= 11 is 0. The molecule has 0 saturated heterocycles. The van der Waals surface area contributed by atoms with Crippen molar-refractivity contribution in [1.29, 1.82) is 0 Å². The average molecular weight is 1070 g/mol. The summed E-state index contributed by atoms with van der Waals surface area (Å²) in [6, 6.07) is 0. The molecule has 430 valence electrons. The maximum Gasteiger partial charge on any atom is -0.0285 e. The van der Waals surface area contributed by atoms with Crippen molar-refractivity contribution in [1.82, 2.24) is 0 Å². The van der Waals surface area contributed by atoms with Crippen LogP contribution in [0.2, 0.25) is 0 Å². The molecule has 0 heterocycles. The molecule has 0 aromatic heterocycles. The zero-order valence-electron chi connectivity index (χ0n) is 53.9. The second kappa shape index (κ2) is 48.2. The van der Waals surface area contributed by atoms with Gasteiger partial charge in [-0.15, -0.1) is 0 Å². The van der Waals surface area contributed by atoms with Crippen LogP contribution in [0.3, 0.4) is 0 Å². The van der Waals surface area contributed by atoms with Crippen LogP contribution in [-0.4, -0.2) is 0 Å². The van der Waals surface area contributed by atoms with Crippen molar-refractivity contribution >= 4 is 0 Å². The molecular weight excluding hydrogens is 961 g/mol. The Morgan fingerprint density at radius 2 is 0.350 bits per heavy atom. The molecule has 0 aromatic carbocycles. The van der Waals surface area contributed by atoms with Gasteiger partial charge in [0, 0.05) is 0 Å². The van der Waals surface area contributed by atoms with E-state index in [9.17, 15) is 0 Å². The molecular formula is C80H110. The predicted octanol–water partition coefficient (Wildman–Crippen LogP) is 25.6. The second-order valence-electron chi connectivity index (χ2n) is 22.3. The molecule has 0 fully saturated rings. The lowest BCUT2D eigenvalue weighted by Gasteiger charge is -2.04. The molecule has 0 aliphatic heterocycles. The molecule has 0 saturated carbocycles. The highest BCUT2D eigenvalue weighted by Crippen LogP contribution is 2.17. The topological polar surface area (TPSA) is 0 Å². The van der Waals surface area contributed by atoms with Crippen molar-refractivity contribution in [3.8, 4) is 0 Å². The molecule has 0 bridgehead atoms. The lowest BCUT2D eigenvalue weighted by atomic mass is 10.0. The molecule has 0 aliphatic carbocycles. The van der Waals surface area contributed by atoms with Gasteiger partial charge in [-0.25, -0.2) is 0 Å². The fraction of sp³-hybridized carbons (Fsp3) is 0.350. The van der Waals surface area contributed by atoms with Crippen LogP contribution in [0.4, 0.5) is 0 Å². The molecule has 0 aromatic rings. The van der Waals surface area contributed by atoms with Gasteiger partial charge < -0.3 is 0 Å². The second-order valence-corrected chi connectivity index (χ2v) is 22.3. The zero-order chi connectivity index (χ0) is 59.8. The monoisotopic (exact) mass is 1070 g/mol. The van der Waals surface area contributed by atoms with Gasteiger partial charge in [-0.2, -0.15) is 0 Å². The molecule has 0 atom stereocenters. The summed E-state index contributed by atoms with van der Waals surface area (Å²) in [7, 11) is 0. The molecule has 0 rings (SSSR count). The lowest BCUT2D eigenvalue weighted by Crippen LogP contribution is -1.84. The molecule has 0 nitrogen and oxygen atoms in total. The molecule has 0 amide bonds. The Kier molecular flexibility index (Phi) is 44.1. The summed E-state index contributed by atoms with van der Waals surface area (Å²) in [4.78, 5) is 0. The van der Waals surface area contributed by atoms with Crippen molar-refractivity contribution in [3.63, 3.8) is 0 Å². The molecule has 0 spiro atoms. The Balaban J connectivity index is 4.76. The third-order valence-electron chi connectivity index (χ3n) is 12.7. The molecule has 0 aliphatic rings. The fourth-order valence-corrected chi connectivity index (χ4v) is 7.34. The van der Waals surface area contributed by atoms with Crippen LogP contribution < -0.4 is 0 Å². The van der Waals surface area contributed by atoms with Crippen LogP contribution in [0.25, 0.3) is 0 Å². The Labute approximate surface area is 494 Å². The highest BCUT2D eigenvalue weighted by atomic mass is 14.0. The Hall–Kier alpha value is -6.76. The van der Waals surface area contributed by atoms with Gasteiger partial charge in [0.05, 0.1) is 0 Å². The van der Waals surface area contributed by atoms with Crippen LogP contribution in [0.5, 0.6) is 0 Å². The number of hydrogen-bond acceptors (Lipinski definition) is 0. The summed E-state index contributed by atoms with van der Waals surface area (Å²) in [5.74, 6) is 0. The number of allylic oxidation sites excluding steroid dienone is 52. The van der Waals surface area contributed by atoms with Crippen molar-refractivity contribution in [3.05, 3.63) is 308 Å². The van der Waals surface area contributed by atoms with Crippen LogP contribution in [0.15, 0.2) is 308 Å². The average Bonchev–Trinajstić information content (AvgIpc) is 3.38. The smallest absolute Gasteiger partial charge is 0.0285 e. The first kappa shape index (κ1) is 73.2. The molecule has 0 radical (unpaired) electrons. The minimum atomic E-state index is 1.08. The van der Waals surface area contributed by atoms with E-state index in [0.717, 1.165) is 64.2 Å². The first-order valence-corrected chi connectivity index (χ1v) is 29.5. The van der Waals surface area contributed by atoms with Gasteiger partial charge in [-0.3, -0.25) is 0 Å². The van der Waals surface area contributed by atoms with Crippen LogP contribution in [0, 0.1) is 0 Å². The molecule has 80 heavy (non-hydrogen) atoms. The summed E-state index contributed by atoms with van der Waals surface area (Å²) < 4.78 is 0. The number of hydrogen-bond donors (Lipinski definition) is 0. The summed E-state index contributed by atoms with van der Waals surface area (Å²) in [6.45, 7) is 39.1. The van der Waals surface area contributed by atoms with Crippen LogP contribution in [-0.2, 0) is 0 Å². The SMILES string of the molecule is CC(C)=CCC/C(C)=C/C=C/C(C)=C/C=C/C(C)=C/C=C/C=C(C)/C=C/C=C(C)/C=C/C=C(\C)CC/C=C(\C)CC/C(C)=C/CC/C(C)=C/C=C/C(C)=C/C=C/C(C)=C/C=C/C=C(C)/C=C/C=C(C)/C=C/C=C(\C)CCC=C(C)C. The van der Waals surface area contributed by atoms with Crippen molar-refractivity contribution in [2.75, 3.05) is 0 Å². The maximum absolute atomic E-state index is 2.42. The quantitative estimate of drug-likeness (QED) is 0.0438.